The van der Waals surface area contributed by atoms with E-state index in [-0.39, 0.29) is 0 Å². The third kappa shape index (κ3) is 6.56. The summed E-state index contributed by atoms with van der Waals surface area (Å²) < 4.78 is 33.9. The second-order valence-electron chi connectivity index (χ2n) is 4.94. The number of hydrogen-bond donors (Lipinski definition) is 0. The summed E-state index contributed by atoms with van der Waals surface area (Å²) >= 11 is 0. The number of carboxylic acids is 1. The number of carbonyl (C=O) groups excluding carboxylic acids is 1. The molecule has 0 bridgehead atoms. The summed E-state index contributed by atoms with van der Waals surface area (Å²) in [7, 11) is 2.17. The minimum Gasteiger partial charge on any atom is -0.542 e. The van der Waals surface area contributed by atoms with Crippen LogP contribution in [-0.4, -0.2) is 36.0 Å². The molecule has 0 spiro atoms. The predicted molar refractivity (Wildman–Crippen MR) is 75.6 cm³/mol. The molecule has 0 unspecified atom stereocenters. The van der Waals surface area contributed by atoms with Crippen LogP contribution in [-0.2, 0) is 11.2 Å². The van der Waals surface area contributed by atoms with Crippen LogP contribution in [0.4, 0.5) is 13.2 Å². The molecule has 0 amide bonds. The van der Waals surface area contributed by atoms with E-state index in [1.165, 1.54) is 24.8 Å². The van der Waals surface area contributed by atoms with Gasteiger partial charge in [-0.25, -0.2) is 4.58 Å². The van der Waals surface area contributed by atoms with Crippen LogP contribution in [0.1, 0.15) is 18.4 Å². The van der Waals surface area contributed by atoms with Crippen molar-refractivity contribution in [2.75, 3.05) is 7.05 Å². The summed E-state index contributed by atoms with van der Waals surface area (Å²) in [5, 5.41) is 8.78. The van der Waals surface area contributed by atoms with E-state index >= 15 is 0 Å². The molecule has 0 aromatic heterocycles. The maximum Gasteiger partial charge on any atom is 0.430 e. The molecule has 1 aromatic carbocycles. The van der Waals surface area contributed by atoms with Gasteiger partial charge in [-0.15, -0.1) is 0 Å². The van der Waals surface area contributed by atoms with Gasteiger partial charge in [0.15, 0.2) is 12.3 Å². The highest BCUT2D eigenvalue weighted by atomic mass is 19.4. The molecule has 0 radical (unpaired) electrons. The lowest BCUT2D eigenvalue weighted by molar-refractivity contribution is -0.534. The molecule has 2 rings (SSSR count). The first-order valence-corrected chi connectivity index (χ1v) is 6.84. The highest BCUT2D eigenvalue weighted by molar-refractivity contribution is 5.70. The van der Waals surface area contributed by atoms with E-state index in [1.807, 2.05) is 0 Å². The van der Waals surface area contributed by atoms with E-state index in [0.29, 0.717) is 6.04 Å². The number of rotatable bonds is 3. The number of benzene rings is 1. The topological polar surface area (TPSA) is 43.1 Å². The van der Waals surface area contributed by atoms with E-state index in [2.05, 4.69) is 60.3 Å². The van der Waals surface area contributed by atoms with E-state index < -0.39 is 12.1 Å². The van der Waals surface area contributed by atoms with Gasteiger partial charge in [0.2, 0.25) is 0 Å². The number of carboxylic acid groups (broad SMARTS) is 1. The van der Waals surface area contributed by atoms with Gasteiger partial charge in [0.25, 0.3) is 0 Å². The Bertz CT molecular complexity index is 536. The zero-order valence-electron chi connectivity index (χ0n) is 12.2. The van der Waals surface area contributed by atoms with Gasteiger partial charge in [-0.3, -0.25) is 0 Å². The molecule has 0 N–H and O–H groups in total. The third-order valence-electron chi connectivity index (χ3n) is 3.28. The molecular weight excluding hydrogens is 295 g/mol. The molecular formula is C16H18F3NO2. The van der Waals surface area contributed by atoms with Crippen LogP contribution in [0.25, 0.3) is 0 Å². The first-order chi connectivity index (χ1) is 10.3. The van der Waals surface area contributed by atoms with Crippen molar-refractivity contribution in [3.05, 3.63) is 48.0 Å². The molecule has 0 aliphatic carbocycles. The first kappa shape index (κ1) is 17.9. The lowest BCUT2D eigenvalue weighted by Gasteiger charge is -2.13. The van der Waals surface area contributed by atoms with E-state index in [1.54, 1.807) is 0 Å². The Balaban J connectivity index is 0.000000295. The Hall–Kier alpha value is -2.11. The summed E-state index contributed by atoms with van der Waals surface area (Å²) in [6.07, 6.45) is 4.96. The number of aryl methyl sites for hydroxylation is 1. The minimum atomic E-state index is -5.19. The lowest BCUT2D eigenvalue weighted by atomic mass is 10.0. The van der Waals surface area contributed by atoms with Crippen LogP contribution >= 0.6 is 0 Å². The average molecular weight is 313 g/mol. The summed E-state index contributed by atoms with van der Waals surface area (Å²) in [4.78, 5) is 8.78. The smallest absolute Gasteiger partial charge is 0.430 e. The van der Waals surface area contributed by atoms with Crippen LogP contribution in [0.3, 0.4) is 0 Å². The van der Waals surface area contributed by atoms with Gasteiger partial charge >= 0.3 is 6.18 Å². The Morgan fingerprint density at radius 1 is 1.32 bits per heavy atom. The second-order valence-corrected chi connectivity index (χ2v) is 4.94. The van der Waals surface area contributed by atoms with Gasteiger partial charge in [0.1, 0.15) is 13.0 Å². The van der Waals surface area contributed by atoms with Crippen LogP contribution in [0, 0.1) is 0 Å². The van der Waals surface area contributed by atoms with Gasteiger partial charge in [0.05, 0.1) is 0 Å². The molecule has 6 heteroatoms. The van der Waals surface area contributed by atoms with Crippen molar-refractivity contribution in [2.45, 2.75) is 31.5 Å². The number of allylic oxidation sites excluding steroid dienone is 1. The maximum absolute atomic E-state index is 10.5. The molecule has 1 aliphatic rings. The fourth-order valence-corrected chi connectivity index (χ4v) is 2.02. The Morgan fingerprint density at radius 2 is 1.91 bits per heavy atom. The number of halogens is 3. The van der Waals surface area contributed by atoms with Gasteiger partial charge < -0.3 is 9.90 Å². The second kappa shape index (κ2) is 8.36. The highest BCUT2D eigenvalue weighted by Crippen LogP contribution is 2.12. The lowest BCUT2D eigenvalue weighted by Crippen LogP contribution is -2.37. The van der Waals surface area contributed by atoms with E-state index in [0.717, 1.165) is 0 Å². The molecule has 1 aromatic rings. The van der Waals surface area contributed by atoms with Crippen molar-refractivity contribution in [3.8, 4) is 0 Å². The van der Waals surface area contributed by atoms with Crippen molar-refractivity contribution in [3.63, 3.8) is 0 Å². The van der Waals surface area contributed by atoms with Crippen LogP contribution in [0.2, 0.25) is 0 Å². The SMILES string of the molecule is C[N+]1=CC=CC[C@@H]1CCc1ccccc1.O=C([O-])C(F)(F)F. The van der Waals surface area contributed by atoms with Gasteiger partial charge in [0, 0.05) is 12.8 Å². The first-order valence-electron chi connectivity index (χ1n) is 6.84. The van der Waals surface area contributed by atoms with Crippen molar-refractivity contribution in [1.82, 2.24) is 0 Å². The van der Waals surface area contributed by atoms with Crippen LogP contribution < -0.4 is 5.11 Å². The number of alkyl halides is 3. The quantitative estimate of drug-likeness (QED) is 0.801. The molecule has 1 heterocycles. The minimum absolute atomic E-state index is 0.676. The van der Waals surface area contributed by atoms with Gasteiger partial charge in [-0.2, -0.15) is 13.2 Å². The van der Waals surface area contributed by atoms with Crippen LogP contribution in [0.5, 0.6) is 0 Å². The van der Waals surface area contributed by atoms with Gasteiger partial charge in [-0.1, -0.05) is 36.4 Å². The van der Waals surface area contributed by atoms with E-state index in [9.17, 15) is 13.2 Å². The highest BCUT2D eigenvalue weighted by Gasteiger charge is 2.28. The fraction of sp³-hybridized carbons (Fsp3) is 0.375. The standard InChI is InChI=1S/C14H18N.C2HF3O2/c1-15-12-6-5-9-14(15)11-10-13-7-3-2-4-8-13;3-2(4,5)1(6)7/h2-8,12,14H,9-11H2,1H3;(H,6,7)/q+1;/p-1/t14-;/m1./s1. The fourth-order valence-electron chi connectivity index (χ4n) is 2.02. The maximum atomic E-state index is 10.5. The van der Waals surface area contributed by atoms with Crippen molar-refractivity contribution in [1.29, 1.82) is 0 Å². The molecule has 3 nitrogen and oxygen atoms in total. The molecule has 0 saturated carbocycles. The summed E-state index contributed by atoms with van der Waals surface area (Å²) in [5.74, 6) is -3.01. The number of carbonyl (C=O) groups is 1. The zero-order chi connectivity index (χ0) is 16.6. The predicted octanol–water partition coefficient (Wildman–Crippen LogP) is 1.96. The zero-order valence-corrected chi connectivity index (χ0v) is 12.2. The monoisotopic (exact) mass is 313 g/mol. The number of nitrogens with zero attached hydrogens (tertiary/aromatic N) is 1. The van der Waals surface area contributed by atoms with Gasteiger partial charge in [-0.05, 0) is 18.1 Å². The molecule has 0 saturated heterocycles. The van der Waals surface area contributed by atoms with Crippen molar-refractivity contribution >= 4 is 12.2 Å². The summed E-state index contributed by atoms with van der Waals surface area (Å²) in [6, 6.07) is 11.4. The van der Waals surface area contributed by atoms with E-state index in [4.69, 9.17) is 9.90 Å². The number of aliphatic carboxylic acids is 1. The number of hydrogen-bond acceptors (Lipinski definition) is 2. The Morgan fingerprint density at radius 3 is 2.41 bits per heavy atom. The third-order valence-corrected chi connectivity index (χ3v) is 3.28. The molecule has 1 aliphatic heterocycles. The molecule has 120 valence electrons. The molecule has 22 heavy (non-hydrogen) atoms. The summed E-state index contributed by atoms with van der Waals surface area (Å²) in [6.45, 7) is 0. The largest absolute Gasteiger partial charge is 0.542 e. The van der Waals surface area contributed by atoms with Crippen molar-refractivity contribution < 1.29 is 27.6 Å². The summed E-state index contributed by atoms with van der Waals surface area (Å²) in [5.41, 5.74) is 1.44. The van der Waals surface area contributed by atoms with Crippen molar-refractivity contribution in [2.24, 2.45) is 0 Å². The Labute approximate surface area is 127 Å². The average Bonchev–Trinajstić information content (AvgIpc) is 2.47. The Kier molecular flexibility index (Phi) is 6.82. The molecule has 1 atom stereocenters. The normalized spacial score (nSPS) is 17.3. The van der Waals surface area contributed by atoms with Crippen LogP contribution in [0.15, 0.2) is 42.5 Å². The molecule has 0 fully saturated rings.